The number of halogens is 1. The number of hydrogen-bond donors (Lipinski definition) is 0. The van der Waals surface area contributed by atoms with Gasteiger partial charge in [0.15, 0.2) is 0 Å². The fraction of sp³-hybridized carbons (Fsp3) is 0.333. The van der Waals surface area contributed by atoms with Crippen molar-refractivity contribution in [3.63, 3.8) is 0 Å². The molecule has 11 heavy (non-hydrogen) atoms. The predicted octanol–water partition coefficient (Wildman–Crippen LogP) is 2.04. The molecule has 1 unspecified atom stereocenters. The molecule has 0 fully saturated rings. The minimum absolute atomic E-state index is 0.111. The third kappa shape index (κ3) is 2.68. The zero-order valence-corrected chi connectivity index (χ0v) is 6.47. The van der Waals surface area contributed by atoms with Gasteiger partial charge in [0, 0.05) is 6.04 Å². The second kappa shape index (κ2) is 3.49. The molecule has 1 rings (SSSR count). The number of rotatable bonds is 2. The van der Waals surface area contributed by atoms with Crippen LogP contribution in [0, 0.1) is 5.82 Å². The summed E-state index contributed by atoms with van der Waals surface area (Å²) < 4.78 is 12.4. The fourth-order valence-corrected chi connectivity index (χ4v) is 0.974. The summed E-state index contributed by atoms with van der Waals surface area (Å²) in [4.78, 5) is 0. The molecule has 0 aliphatic rings. The van der Waals surface area contributed by atoms with E-state index < -0.39 is 0 Å². The van der Waals surface area contributed by atoms with Crippen LogP contribution in [0.15, 0.2) is 24.3 Å². The van der Waals surface area contributed by atoms with E-state index in [9.17, 15) is 4.39 Å². The first-order valence-corrected chi connectivity index (χ1v) is 3.64. The van der Waals surface area contributed by atoms with Crippen LogP contribution in [0.1, 0.15) is 12.5 Å². The van der Waals surface area contributed by atoms with E-state index in [1.807, 2.05) is 6.92 Å². The Bertz CT molecular complexity index is 216. The maximum atomic E-state index is 12.4. The summed E-state index contributed by atoms with van der Waals surface area (Å²) in [5.74, 6) is -0.216. The van der Waals surface area contributed by atoms with Crippen molar-refractivity contribution in [3.8, 4) is 0 Å². The maximum Gasteiger partial charge on any atom is 0.123 e. The zero-order valence-electron chi connectivity index (χ0n) is 6.47. The van der Waals surface area contributed by atoms with Gasteiger partial charge in [0.25, 0.3) is 0 Å². The molecule has 1 nitrogen and oxygen atoms in total. The second-order valence-electron chi connectivity index (χ2n) is 2.73. The molecule has 0 spiro atoms. The molecule has 0 aliphatic heterocycles. The van der Waals surface area contributed by atoms with Crippen LogP contribution >= 0.6 is 0 Å². The molecule has 0 heterocycles. The van der Waals surface area contributed by atoms with Crippen LogP contribution < -0.4 is 5.73 Å². The highest BCUT2D eigenvalue weighted by atomic mass is 19.1. The molecular weight excluding hydrogens is 141 g/mol. The third-order valence-electron chi connectivity index (χ3n) is 1.46. The standard InChI is InChI=1S/C9H11FN/c1-7(11)6-8-2-4-9(10)5-3-8/h2-5,7,11H,6H2,1H3. The first-order valence-electron chi connectivity index (χ1n) is 3.64. The van der Waals surface area contributed by atoms with Crippen molar-refractivity contribution in [1.82, 2.24) is 5.73 Å². The monoisotopic (exact) mass is 152 g/mol. The van der Waals surface area contributed by atoms with E-state index in [2.05, 4.69) is 0 Å². The summed E-state index contributed by atoms with van der Waals surface area (Å²) in [6.45, 7) is 1.82. The quantitative estimate of drug-likeness (QED) is 0.619. The van der Waals surface area contributed by atoms with Crippen LogP contribution in [0.5, 0.6) is 0 Å². The molecule has 0 bridgehead atoms. The highest BCUT2D eigenvalue weighted by Gasteiger charge is 1.97. The Hall–Kier alpha value is -0.890. The Morgan fingerprint density at radius 2 is 1.91 bits per heavy atom. The van der Waals surface area contributed by atoms with Crippen LogP contribution in [0.4, 0.5) is 4.39 Å². The van der Waals surface area contributed by atoms with E-state index in [1.54, 1.807) is 12.1 Å². The number of benzene rings is 1. The first kappa shape index (κ1) is 8.21. The van der Waals surface area contributed by atoms with Crippen LogP contribution in [0.2, 0.25) is 0 Å². The van der Waals surface area contributed by atoms with Gasteiger partial charge in [-0.15, -0.1) is 0 Å². The van der Waals surface area contributed by atoms with Gasteiger partial charge >= 0.3 is 0 Å². The van der Waals surface area contributed by atoms with E-state index in [0.717, 1.165) is 5.56 Å². The molecule has 1 aromatic rings. The largest absolute Gasteiger partial charge is 0.254 e. The van der Waals surface area contributed by atoms with Gasteiger partial charge in [-0.1, -0.05) is 12.1 Å². The number of hydrogen-bond acceptors (Lipinski definition) is 0. The lowest BCUT2D eigenvalue weighted by Crippen LogP contribution is -2.06. The molecule has 0 amide bonds. The van der Waals surface area contributed by atoms with E-state index in [0.29, 0.717) is 6.42 Å². The van der Waals surface area contributed by atoms with Crippen LogP contribution in [-0.2, 0) is 6.42 Å². The van der Waals surface area contributed by atoms with Gasteiger partial charge in [-0.2, -0.15) is 0 Å². The summed E-state index contributed by atoms with van der Waals surface area (Å²) in [6.07, 6.45) is 0.695. The molecule has 1 radical (unpaired) electrons. The smallest absolute Gasteiger partial charge is 0.123 e. The zero-order chi connectivity index (χ0) is 8.27. The molecule has 59 valence electrons. The van der Waals surface area contributed by atoms with Crippen molar-refractivity contribution >= 4 is 0 Å². The Balaban J connectivity index is 2.66. The van der Waals surface area contributed by atoms with Gasteiger partial charge in [-0.25, -0.2) is 4.39 Å². The molecule has 0 aromatic heterocycles. The van der Waals surface area contributed by atoms with E-state index >= 15 is 0 Å². The lowest BCUT2D eigenvalue weighted by molar-refractivity contribution is 0.625. The average Bonchev–Trinajstić information content (AvgIpc) is 1.93. The minimum Gasteiger partial charge on any atom is -0.254 e. The fourth-order valence-electron chi connectivity index (χ4n) is 0.974. The maximum absolute atomic E-state index is 12.4. The summed E-state index contributed by atoms with van der Waals surface area (Å²) in [5.41, 5.74) is 8.30. The Morgan fingerprint density at radius 3 is 2.36 bits per heavy atom. The van der Waals surface area contributed by atoms with Crippen molar-refractivity contribution in [2.24, 2.45) is 0 Å². The molecule has 0 aliphatic carbocycles. The van der Waals surface area contributed by atoms with E-state index in [-0.39, 0.29) is 11.9 Å². The summed E-state index contributed by atoms with van der Waals surface area (Å²) in [7, 11) is 0. The summed E-state index contributed by atoms with van der Waals surface area (Å²) in [6, 6.07) is 6.19. The van der Waals surface area contributed by atoms with Crippen molar-refractivity contribution in [2.45, 2.75) is 19.4 Å². The molecule has 1 atom stereocenters. The molecule has 1 aromatic carbocycles. The molecule has 0 saturated carbocycles. The van der Waals surface area contributed by atoms with Crippen molar-refractivity contribution in [1.29, 1.82) is 0 Å². The van der Waals surface area contributed by atoms with Gasteiger partial charge in [0.1, 0.15) is 5.82 Å². The second-order valence-corrected chi connectivity index (χ2v) is 2.73. The normalized spacial score (nSPS) is 13.0. The van der Waals surface area contributed by atoms with Crippen molar-refractivity contribution < 1.29 is 4.39 Å². The highest BCUT2D eigenvalue weighted by Crippen LogP contribution is 2.04. The van der Waals surface area contributed by atoms with Crippen LogP contribution in [-0.4, -0.2) is 6.04 Å². The Morgan fingerprint density at radius 1 is 1.36 bits per heavy atom. The lowest BCUT2D eigenvalue weighted by atomic mass is 10.1. The van der Waals surface area contributed by atoms with Crippen molar-refractivity contribution in [2.75, 3.05) is 0 Å². The molecular formula is C9H11FN. The molecule has 1 N–H and O–H groups in total. The Labute approximate surface area is 66.0 Å². The number of nitrogens with one attached hydrogen (secondary N) is 1. The van der Waals surface area contributed by atoms with Crippen LogP contribution in [0.3, 0.4) is 0 Å². The lowest BCUT2D eigenvalue weighted by Gasteiger charge is -2.02. The van der Waals surface area contributed by atoms with Crippen molar-refractivity contribution in [3.05, 3.63) is 35.6 Å². The highest BCUT2D eigenvalue weighted by molar-refractivity contribution is 5.16. The van der Waals surface area contributed by atoms with Crippen LogP contribution in [0.25, 0.3) is 0 Å². The average molecular weight is 152 g/mol. The van der Waals surface area contributed by atoms with E-state index in [1.165, 1.54) is 12.1 Å². The molecule has 0 saturated heterocycles. The SMILES string of the molecule is CC([NH])Cc1ccc(F)cc1. The van der Waals surface area contributed by atoms with E-state index in [4.69, 9.17) is 5.73 Å². The first-order chi connectivity index (χ1) is 5.18. The predicted molar refractivity (Wildman–Crippen MR) is 42.7 cm³/mol. The minimum atomic E-state index is -0.216. The van der Waals surface area contributed by atoms with Gasteiger partial charge in [-0.3, -0.25) is 5.73 Å². The van der Waals surface area contributed by atoms with Gasteiger partial charge in [-0.05, 0) is 31.0 Å². The summed E-state index contributed by atoms with van der Waals surface area (Å²) >= 11 is 0. The van der Waals surface area contributed by atoms with Gasteiger partial charge < -0.3 is 0 Å². The Kier molecular flexibility index (Phi) is 2.60. The topological polar surface area (TPSA) is 23.8 Å². The molecule has 2 heteroatoms. The summed E-state index contributed by atoms with van der Waals surface area (Å²) in [5, 5.41) is 0. The van der Waals surface area contributed by atoms with Gasteiger partial charge in [0.05, 0.1) is 0 Å². The van der Waals surface area contributed by atoms with Gasteiger partial charge in [0.2, 0.25) is 0 Å². The third-order valence-corrected chi connectivity index (χ3v) is 1.46.